The van der Waals surface area contributed by atoms with E-state index in [2.05, 4.69) is 43.5 Å². The van der Waals surface area contributed by atoms with Crippen LogP contribution in [0, 0.1) is 0 Å². The molecule has 0 bridgehead atoms. The highest BCUT2D eigenvalue weighted by molar-refractivity contribution is 5.76. The van der Waals surface area contributed by atoms with Gasteiger partial charge in [-0.15, -0.1) is 0 Å². The molecule has 60 heavy (non-hydrogen) atoms. The SMILES string of the molecule is CCCCC/C=C\C/C=C\CCCCCCCCCCCC(=O)NC(COC1OC(CO)C(OC2OC(CO)C(O)C(O)C2O)C(O)C1O)C(O)/C=C/CCCCCCC. The maximum atomic E-state index is 13.1. The molecule has 2 aliphatic rings. The van der Waals surface area contributed by atoms with Crippen molar-refractivity contribution in [2.75, 3.05) is 19.8 Å². The van der Waals surface area contributed by atoms with Crippen LogP contribution in [0.2, 0.25) is 0 Å². The van der Waals surface area contributed by atoms with Gasteiger partial charge in [-0.2, -0.15) is 0 Å². The first-order chi connectivity index (χ1) is 29.1. The zero-order valence-electron chi connectivity index (χ0n) is 36.7. The van der Waals surface area contributed by atoms with Crippen molar-refractivity contribution in [3.8, 4) is 0 Å². The third kappa shape index (κ3) is 21.5. The van der Waals surface area contributed by atoms with Gasteiger partial charge >= 0.3 is 0 Å². The summed E-state index contributed by atoms with van der Waals surface area (Å²) in [7, 11) is 0. The summed E-state index contributed by atoms with van der Waals surface area (Å²) in [6, 6.07) is -0.912. The van der Waals surface area contributed by atoms with Crippen molar-refractivity contribution in [3.05, 3.63) is 36.5 Å². The fraction of sp³-hybridized carbons (Fsp3) is 0.848. The zero-order chi connectivity index (χ0) is 44.0. The van der Waals surface area contributed by atoms with Crippen LogP contribution in [-0.4, -0.2) is 140 Å². The highest BCUT2D eigenvalue weighted by Gasteiger charge is 2.50. The number of aliphatic hydroxyl groups excluding tert-OH is 8. The average Bonchev–Trinajstić information content (AvgIpc) is 3.24. The monoisotopic (exact) mass is 858 g/mol. The molecule has 12 atom stereocenters. The number of hydrogen-bond donors (Lipinski definition) is 9. The van der Waals surface area contributed by atoms with Crippen molar-refractivity contribution in [3.63, 3.8) is 0 Å². The number of aliphatic hydroxyl groups is 8. The quantitative estimate of drug-likeness (QED) is 0.0315. The normalized spacial score (nSPS) is 28.6. The molecular weight excluding hydrogens is 774 g/mol. The minimum absolute atomic E-state index is 0.251. The van der Waals surface area contributed by atoms with E-state index in [0.717, 1.165) is 64.2 Å². The number of amides is 1. The Kier molecular flexibility index (Phi) is 30.5. The van der Waals surface area contributed by atoms with Gasteiger partial charge in [-0.3, -0.25) is 4.79 Å². The number of ether oxygens (including phenoxy) is 4. The van der Waals surface area contributed by atoms with Gasteiger partial charge in [0, 0.05) is 6.42 Å². The van der Waals surface area contributed by atoms with Crippen LogP contribution in [0.25, 0.3) is 0 Å². The van der Waals surface area contributed by atoms with Crippen LogP contribution in [0.5, 0.6) is 0 Å². The van der Waals surface area contributed by atoms with Crippen LogP contribution in [-0.2, 0) is 23.7 Å². The average molecular weight is 858 g/mol. The number of hydrogen-bond acceptors (Lipinski definition) is 13. The molecule has 2 heterocycles. The first-order valence-electron chi connectivity index (χ1n) is 23.2. The lowest BCUT2D eigenvalue weighted by atomic mass is 9.97. The van der Waals surface area contributed by atoms with Gasteiger partial charge < -0.3 is 65.1 Å². The molecule has 2 rings (SSSR count). The largest absolute Gasteiger partial charge is 0.394 e. The standard InChI is InChI=1S/C46H83NO13/c1-3-5-7-9-11-12-13-14-15-16-17-18-19-20-21-22-24-26-28-30-38(51)47-34(35(50)29-27-25-23-10-8-6-4-2)33-57-45-43(56)41(54)44(37(32-49)59-45)60-46-42(55)40(53)39(52)36(31-48)58-46/h11-12,14-15,27,29,34-37,39-46,48-50,52-56H,3-10,13,16-26,28,30-33H2,1-2H3,(H,47,51)/b12-11-,15-14-,29-27+. The van der Waals surface area contributed by atoms with Gasteiger partial charge in [0.05, 0.1) is 32.0 Å². The van der Waals surface area contributed by atoms with Gasteiger partial charge in [0.15, 0.2) is 12.6 Å². The summed E-state index contributed by atoms with van der Waals surface area (Å²) in [6.45, 7) is 2.67. The molecule has 2 aliphatic heterocycles. The number of nitrogens with one attached hydrogen (secondary N) is 1. The van der Waals surface area contributed by atoms with E-state index in [9.17, 15) is 45.6 Å². The summed E-state index contributed by atoms with van der Waals surface area (Å²) in [5, 5.41) is 86.2. The second-order valence-electron chi connectivity index (χ2n) is 16.5. The molecule has 12 unspecified atom stereocenters. The predicted octanol–water partition coefficient (Wildman–Crippen LogP) is 4.76. The summed E-state index contributed by atoms with van der Waals surface area (Å²) in [5.41, 5.74) is 0. The lowest BCUT2D eigenvalue weighted by Crippen LogP contribution is -2.65. The van der Waals surface area contributed by atoms with Gasteiger partial charge in [0.25, 0.3) is 0 Å². The molecule has 2 fully saturated rings. The number of rotatable bonds is 34. The molecule has 1 amide bonds. The molecule has 0 aromatic carbocycles. The topological polar surface area (TPSA) is 228 Å². The Morgan fingerprint density at radius 1 is 0.600 bits per heavy atom. The third-order valence-electron chi connectivity index (χ3n) is 11.3. The second-order valence-corrected chi connectivity index (χ2v) is 16.5. The Balaban J connectivity index is 1.80. The molecule has 14 nitrogen and oxygen atoms in total. The van der Waals surface area contributed by atoms with E-state index in [-0.39, 0.29) is 18.9 Å². The number of carbonyl (C=O) groups is 1. The Morgan fingerprint density at radius 3 is 1.70 bits per heavy atom. The summed E-state index contributed by atoms with van der Waals surface area (Å²) in [4.78, 5) is 13.1. The number of allylic oxidation sites excluding steroid dienone is 5. The zero-order valence-corrected chi connectivity index (χ0v) is 36.7. The minimum Gasteiger partial charge on any atom is -0.394 e. The molecule has 0 aromatic heterocycles. The van der Waals surface area contributed by atoms with E-state index in [1.165, 1.54) is 64.2 Å². The summed E-state index contributed by atoms with van der Waals surface area (Å²) in [6.07, 6.45) is 19.3. The highest BCUT2D eigenvalue weighted by atomic mass is 16.7. The van der Waals surface area contributed by atoms with E-state index in [1.54, 1.807) is 6.08 Å². The molecule has 0 spiro atoms. The van der Waals surface area contributed by atoms with Crippen LogP contribution < -0.4 is 5.32 Å². The molecule has 0 aliphatic carbocycles. The maximum absolute atomic E-state index is 13.1. The highest BCUT2D eigenvalue weighted by Crippen LogP contribution is 2.30. The van der Waals surface area contributed by atoms with Crippen LogP contribution in [0.3, 0.4) is 0 Å². The molecule has 350 valence electrons. The lowest BCUT2D eigenvalue weighted by Gasteiger charge is -2.46. The van der Waals surface area contributed by atoms with Crippen molar-refractivity contribution >= 4 is 5.91 Å². The molecule has 14 heteroatoms. The van der Waals surface area contributed by atoms with Crippen molar-refractivity contribution in [1.29, 1.82) is 0 Å². The Bertz CT molecular complexity index is 1150. The fourth-order valence-corrected chi connectivity index (χ4v) is 7.44. The first kappa shape index (κ1) is 54.3. The Hall–Kier alpha value is -1.79. The van der Waals surface area contributed by atoms with Crippen LogP contribution in [0.1, 0.15) is 155 Å². The molecule has 0 saturated carbocycles. The van der Waals surface area contributed by atoms with Crippen LogP contribution in [0.15, 0.2) is 36.5 Å². The molecular formula is C46H83NO13. The van der Waals surface area contributed by atoms with E-state index in [1.807, 2.05) is 6.08 Å². The van der Waals surface area contributed by atoms with Crippen molar-refractivity contribution in [2.45, 2.75) is 229 Å². The van der Waals surface area contributed by atoms with Gasteiger partial charge in [-0.25, -0.2) is 0 Å². The lowest BCUT2D eigenvalue weighted by molar-refractivity contribution is -0.359. The van der Waals surface area contributed by atoms with Gasteiger partial charge in [-0.05, 0) is 51.4 Å². The summed E-state index contributed by atoms with van der Waals surface area (Å²) >= 11 is 0. The van der Waals surface area contributed by atoms with E-state index < -0.39 is 86.8 Å². The molecule has 0 radical (unpaired) electrons. The Morgan fingerprint density at radius 2 is 1.10 bits per heavy atom. The summed E-state index contributed by atoms with van der Waals surface area (Å²) < 4.78 is 22.6. The van der Waals surface area contributed by atoms with Crippen molar-refractivity contribution in [2.24, 2.45) is 0 Å². The van der Waals surface area contributed by atoms with E-state index in [4.69, 9.17) is 18.9 Å². The summed E-state index contributed by atoms with van der Waals surface area (Å²) in [5.74, 6) is -0.251. The smallest absolute Gasteiger partial charge is 0.220 e. The van der Waals surface area contributed by atoms with Gasteiger partial charge in [-0.1, -0.05) is 134 Å². The minimum atomic E-state index is -1.79. The fourth-order valence-electron chi connectivity index (χ4n) is 7.44. The van der Waals surface area contributed by atoms with Crippen LogP contribution in [0.4, 0.5) is 0 Å². The number of carbonyl (C=O) groups excluding carboxylic acids is 1. The molecule has 9 N–H and O–H groups in total. The second kappa shape index (κ2) is 33.7. The first-order valence-corrected chi connectivity index (χ1v) is 23.2. The van der Waals surface area contributed by atoms with Crippen LogP contribution >= 0.6 is 0 Å². The Labute approximate surface area is 360 Å². The molecule has 0 aromatic rings. The van der Waals surface area contributed by atoms with Crippen molar-refractivity contribution in [1.82, 2.24) is 5.32 Å². The predicted molar refractivity (Wildman–Crippen MR) is 231 cm³/mol. The number of unbranched alkanes of at least 4 members (excludes halogenated alkanes) is 17. The molecule has 2 saturated heterocycles. The van der Waals surface area contributed by atoms with E-state index >= 15 is 0 Å². The van der Waals surface area contributed by atoms with E-state index in [0.29, 0.717) is 6.42 Å². The van der Waals surface area contributed by atoms with Gasteiger partial charge in [0.2, 0.25) is 5.91 Å². The maximum Gasteiger partial charge on any atom is 0.220 e. The van der Waals surface area contributed by atoms with Gasteiger partial charge in [0.1, 0.15) is 48.8 Å². The van der Waals surface area contributed by atoms with Crippen molar-refractivity contribution < 1.29 is 64.6 Å². The third-order valence-corrected chi connectivity index (χ3v) is 11.3.